The number of amides is 6. The summed E-state index contributed by atoms with van der Waals surface area (Å²) in [6, 6.07) is 10.8. The molecule has 34 heavy (non-hydrogen) atoms. The number of imide groups is 1. The molecule has 0 aliphatic carbocycles. The van der Waals surface area contributed by atoms with E-state index in [2.05, 4.69) is 21.3 Å². The molecular weight excluding hydrogens is 442 g/mol. The molecule has 5 rings (SSSR count). The fourth-order valence-electron chi connectivity index (χ4n) is 4.26. The lowest BCUT2D eigenvalue weighted by Gasteiger charge is -2.29. The summed E-state index contributed by atoms with van der Waals surface area (Å²) in [5, 5.41) is 10.7. The Balaban J connectivity index is 1.50. The van der Waals surface area contributed by atoms with Gasteiger partial charge in [-0.1, -0.05) is 6.07 Å². The van der Waals surface area contributed by atoms with E-state index in [4.69, 9.17) is 9.15 Å². The second-order valence-corrected chi connectivity index (χ2v) is 8.07. The van der Waals surface area contributed by atoms with Gasteiger partial charge in [-0.2, -0.15) is 0 Å². The highest BCUT2D eigenvalue weighted by Gasteiger charge is 2.53. The van der Waals surface area contributed by atoms with E-state index >= 15 is 0 Å². The Labute approximate surface area is 193 Å². The molecule has 1 fully saturated rings. The Morgan fingerprint density at radius 2 is 2.00 bits per heavy atom. The van der Waals surface area contributed by atoms with Gasteiger partial charge in [0.1, 0.15) is 17.1 Å². The van der Waals surface area contributed by atoms with Gasteiger partial charge >= 0.3 is 12.1 Å². The first-order valence-electron chi connectivity index (χ1n) is 10.5. The third-order valence-corrected chi connectivity index (χ3v) is 5.99. The number of carbonyl (C=O) groups excluding carboxylic acids is 4. The number of furan rings is 1. The molecule has 2 aliphatic heterocycles. The van der Waals surface area contributed by atoms with Crippen molar-refractivity contribution in [2.45, 2.75) is 12.1 Å². The average molecular weight is 463 g/mol. The maximum atomic E-state index is 13.1. The van der Waals surface area contributed by atoms with E-state index < -0.39 is 17.5 Å². The van der Waals surface area contributed by atoms with Gasteiger partial charge in [0.05, 0.1) is 13.7 Å². The van der Waals surface area contributed by atoms with Gasteiger partial charge in [0, 0.05) is 30.2 Å². The van der Waals surface area contributed by atoms with Crippen molar-refractivity contribution in [3.63, 3.8) is 0 Å². The number of carbonyl (C=O) groups is 4. The molecule has 1 unspecified atom stereocenters. The van der Waals surface area contributed by atoms with Gasteiger partial charge in [-0.15, -0.1) is 0 Å². The normalized spacial score (nSPS) is 19.1. The van der Waals surface area contributed by atoms with E-state index in [-0.39, 0.29) is 30.8 Å². The summed E-state index contributed by atoms with van der Waals surface area (Å²) >= 11 is 0. The molecule has 1 saturated heterocycles. The molecule has 174 valence electrons. The highest BCUT2D eigenvalue weighted by atomic mass is 16.5. The summed E-state index contributed by atoms with van der Waals surface area (Å²) < 4.78 is 11.2. The van der Waals surface area contributed by atoms with Crippen LogP contribution in [-0.2, 0) is 16.9 Å². The van der Waals surface area contributed by atoms with Crippen molar-refractivity contribution in [2.75, 3.05) is 26.0 Å². The third kappa shape index (κ3) is 3.38. The molecule has 11 heteroatoms. The number of rotatable bonds is 5. The molecule has 4 N–H and O–H groups in total. The second-order valence-electron chi connectivity index (χ2n) is 8.07. The van der Waals surface area contributed by atoms with Crippen molar-refractivity contribution in [1.82, 2.24) is 20.9 Å². The van der Waals surface area contributed by atoms with Crippen LogP contribution < -0.4 is 26.0 Å². The highest BCUT2D eigenvalue weighted by Crippen LogP contribution is 2.35. The quantitative estimate of drug-likeness (QED) is 0.426. The monoisotopic (exact) mass is 463 g/mol. The minimum Gasteiger partial charge on any atom is -0.497 e. The molecule has 2 aromatic carbocycles. The Hall–Kier alpha value is -4.54. The Morgan fingerprint density at radius 1 is 1.18 bits per heavy atom. The average Bonchev–Trinajstić information content (AvgIpc) is 3.47. The summed E-state index contributed by atoms with van der Waals surface area (Å²) in [6.07, 6.45) is 0. The topological polar surface area (TPSA) is 142 Å². The number of nitrogens with one attached hydrogen (secondary N) is 4. The van der Waals surface area contributed by atoms with Gasteiger partial charge in [0.25, 0.3) is 11.8 Å². The maximum Gasteiger partial charge on any atom is 0.322 e. The van der Waals surface area contributed by atoms with Crippen LogP contribution in [0.2, 0.25) is 0 Å². The van der Waals surface area contributed by atoms with E-state index in [0.717, 1.165) is 5.56 Å². The Morgan fingerprint density at radius 3 is 2.71 bits per heavy atom. The third-order valence-electron chi connectivity index (χ3n) is 5.99. The van der Waals surface area contributed by atoms with Gasteiger partial charge in [0.2, 0.25) is 0 Å². The number of fused-ring (bicyclic) bond motifs is 2. The summed E-state index contributed by atoms with van der Waals surface area (Å²) in [7, 11) is 3.02. The molecule has 3 heterocycles. The van der Waals surface area contributed by atoms with Crippen molar-refractivity contribution in [1.29, 1.82) is 0 Å². The number of benzene rings is 2. The number of anilines is 1. The molecule has 0 saturated carbocycles. The molecule has 0 spiro atoms. The largest absolute Gasteiger partial charge is 0.497 e. The van der Waals surface area contributed by atoms with Gasteiger partial charge in [-0.25, -0.2) is 9.59 Å². The SMILES string of the molecule is CNC(=O)Nc1ccc2oc(C3(CN4Cc5ccc(OC)cc5C4=O)NC(=O)NC3=O)cc2c1. The molecule has 0 bridgehead atoms. The van der Waals surface area contributed by atoms with Crippen molar-refractivity contribution in [3.05, 3.63) is 59.4 Å². The predicted molar refractivity (Wildman–Crippen MR) is 120 cm³/mol. The zero-order valence-electron chi connectivity index (χ0n) is 18.4. The number of ether oxygens (including phenoxy) is 1. The van der Waals surface area contributed by atoms with Crippen LogP contribution in [0, 0.1) is 0 Å². The Bertz CT molecular complexity index is 1370. The number of urea groups is 2. The smallest absolute Gasteiger partial charge is 0.322 e. The van der Waals surface area contributed by atoms with Crippen molar-refractivity contribution in [2.24, 2.45) is 0 Å². The van der Waals surface area contributed by atoms with Crippen LogP contribution in [0.3, 0.4) is 0 Å². The first-order chi connectivity index (χ1) is 16.3. The number of methoxy groups -OCH3 is 1. The molecule has 11 nitrogen and oxygen atoms in total. The number of nitrogens with zero attached hydrogens (tertiary/aromatic N) is 1. The molecule has 1 aromatic heterocycles. The van der Waals surface area contributed by atoms with Crippen LogP contribution in [0.25, 0.3) is 11.0 Å². The van der Waals surface area contributed by atoms with Crippen LogP contribution >= 0.6 is 0 Å². The van der Waals surface area contributed by atoms with Crippen LogP contribution in [0.15, 0.2) is 46.9 Å². The zero-order valence-corrected chi connectivity index (χ0v) is 18.4. The van der Waals surface area contributed by atoms with Crippen molar-refractivity contribution < 1.29 is 28.3 Å². The predicted octanol–water partition coefficient (Wildman–Crippen LogP) is 1.88. The number of hydrogen-bond acceptors (Lipinski definition) is 6. The van der Waals surface area contributed by atoms with Crippen molar-refractivity contribution >= 4 is 40.5 Å². The minimum atomic E-state index is -1.62. The maximum absolute atomic E-state index is 13.1. The van der Waals surface area contributed by atoms with Crippen LogP contribution in [0.5, 0.6) is 5.75 Å². The lowest BCUT2D eigenvalue weighted by Crippen LogP contribution is -2.52. The van der Waals surface area contributed by atoms with Crippen LogP contribution in [-0.4, -0.2) is 49.5 Å². The lowest BCUT2D eigenvalue weighted by molar-refractivity contribution is -0.125. The standard InChI is InChI=1S/C23H21N5O6/c1-24-21(31)25-14-4-6-17-13(7-14)8-18(34-17)23(20(30)26-22(32)27-23)11-28-10-12-3-5-15(33-2)9-16(12)19(28)29/h3-9H,10-11H2,1-2H3,(H2,24,25,31)(H2,26,27,30,32). The van der Waals surface area contributed by atoms with E-state index in [1.54, 1.807) is 42.5 Å². The van der Waals surface area contributed by atoms with Crippen molar-refractivity contribution in [3.8, 4) is 5.75 Å². The minimum absolute atomic E-state index is 0.135. The fraction of sp³-hybridized carbons (Fsp3) is 0.217. The molecule has 3 aromatic rings. The first-order valence-corrected chi connectivity index (χ1v) is 10.5. The molecule has 0 radical (unpaired) electrons. The number of hydrogen-bond donors (Lipinski definition) is 4. The van der Waals surface area contributed by atoms with Gasteiger partial charge < -0.3 is 30.0 Å². The van der Waals surface area contributed by atoms with Gasteiger partial charge in [-0.3, -0.25) is 14.9 Å². The molecular formula is C23H21N5O6. The van der Waals surface area contributed by atoms with Gasteiger partial charge in [0.15, 0.2) is 5.54 Å². The second kappa shape index (κ2) is 7.80. The molecule has 6 amide bonds. The molecule has 1 atom stereocenters. The lowest BCUT2D eigenvalue weighted by atomic mass is 9.95. The Kier molecular flexibility index (Phi) is 4.89. The highest BCUT2D eigenvalue weighted by molar-refractivity contribution is 6.08. The summed E-state index contributed by atoms with van der Waals surface area (Å²) in [6.45, 7) is 0.132. The van der Waals surface area contributed by atoms with Crippen LogP contribution in [0.1, 0.15) is 21.7 Å². The van der Waals surface area contributed by atoms with E-state index in [1.165, 1.54) is 19.1 Å². The van der Waals surface area contributed by atoms with Gasteiger partial charge in [-0.05, 0) is 42.0 Å². The van der Waals surface area contributed by atoms with E-state index in [0.29, 0.717) is 28.0 Å². The summed E-state index contributed by atoms with van der Waals surface area (Å²) in [5.74, 6) is -0.185. The fourth-order valence-corrected chi connectivity index (χ4v) is 4.26. The van der Waals surface area contributed by atoms with E-state index in [1.807, 2.05) is 0 Å². The zero-order chi connectivity index (χ0) is 24.0. The van der Waals surface area contributed by atoms with E-state index in [9.17, 15) is 19.2 Å². The molecule has 2 aliphatic rings. The summed E-state index contributed by atoms with van der Waals surface area (Å²) in [4.78, 5) is 51.4. The first kappa shape index (κ1) is 21.3. The summed E-state index contributed by atoms with van der Waals surface area (Å²) in [5.41, 5.74) is 0.625. The van der Waals surface area contributed by atoms with Crippen LogP contribution in [0.4, 0.5) is 15.3 Å².